The summed E-state index contributed by atoms with van der Waals surface area (Å²) in [7, 11) is 0. The first-order valence-corrected chi connectivity index (χ1v) is 6.80. The lowest BCUT2D eigenvalue weighted by molar-refractivity contribution is 0.0950. The van der Waals surface area contributed by atoms with E-state index in [-0.39, 0.29) is 5.91 Å². The topological polar surface area (TPSA) is 54.0 Å². The van der Waals surface area contributed by atoms with Gasteiger partial charge in [-0.15, -0.1) is 0 Å². The first-order valence-electron chi connectivity index (χ1n) is 6.42. The number of carbonyl (C=O) groups is 1. The van der Waals surface area contributed by atoms with Crippen molar-refractivity contribution in [2.24, 2.45) is 0 Å². The summed E-state index contributed by atoms with van der Waals surface area (Å²) < 4.78 is 0. The molecule has 0 aliphatic heterocycles. The number of pyridine rings is 1. The zero-order valence-corrected chi connectivity index (χ0v) is 11.9. The molecule has 1 aromatic carbocycles. The van der Waals surface area contributed by atoms with Gasteiger partial charge in [0.25, 0.3) is 5.91 Å². The lowest BCUT2D eigenvalue weighted by atomic mass is 10.2. The molecule has 0 atom stereocenters. The predicted octanol–water partition coefficient (Wildman–Crippen LogP) is 3.10. The highest BCUT2D eigenvalue weighted by molar-refractivity contribution is 6.31. The molecule has 0 aliphatic rings. The zero-order chi connectivity index (χ0) is 14.4. The number of carbonyl (C=O) groups excluding carboxylic acids is 1. The van der Waals surface area contributed by atoms with E-state index in [2.05, 4.69) is 15.6 Å². The first kappa shape index (κ1) is 14.3. The molecule has 20 heavy (non-hydrogen) atoms. The molecular weight excluding hydrogens is 274 g/mol. The van der Waals surface area contributed by atoms with Crippen molar-refractivity contribution in [3.8, 4) is 0 Å². The van der Waals surface area contributed by atoms with Gasteiger partial charge in [0.05, 0.1) is 5.56 Å². The molecule has 1 heterocycles. The smallest absolute Gasteiger partial charge is 0.253 e. The van der Waals surface area contributed by atoms with Gasteiger partial charge in [-0.25, -0.2) is 4.98 Å². The minimum absolute atomic E-state index is 0.166. The number of nitrogens with one attached hydrogen (secondary N) is 2. The third-order valence-corrected chi connectivity index (χ3v) is 3.15. The van der Waals surface area contributed by atoms with E-state index in [0.717, 1.165) is 17.9 Å². The predicted molar refractivity (Wildman–Crippen MR) is 81.0 cm³/mol. The van der Waals surface area contributed by atoms with E-state index in [1.807, 2.05) is 25.1 Å². The summed E-state index contributed by atoms with van der Waals surface area (Å²) in [6.45, 7) is 3.18. The second kappa shape index (κ2) is 6.91. The van der Waals surface area contributed by atoms with Gasteiger partial charge < -0.3 is 10.6 Å². The molecule has 2 N–H and O–H groups in total. The molecule has 1 amide bonds. The molecule has 1 aromatic heterocycles. The molecule has 104 valence electrons. The Hall–Kier alpha value is -2.07. The van der Waals surface area contributed by atoms with Crippen molar-refractivity contribution in [1.29, 1.82) is 0 Å². The van der Waals surface area contributed by atoms with Crippen molar-refractivity contribution in [2.75, 3.05) is 11.9 Å². The molecule has 4 nitrogen and oxygen atoms in total. The van der Waals surface area contributed by atoms with Crippen LogP contribution in [0.3, 0.4) is 0 Å². The van der Waals surface area contributed by atoms with E-state index in [0.29, 0.717) is 17.1 Å². The zero-order valence-electron chi connectivity index (χ0n) is 11.2. The number of benzene rings is 1. The van der Waals surface area contributed by atoms with Crippen LogP contribution in [0, 0.1) is 0 Å². The van der Waals surface area contributed by atoms with E-state index in [1.54, 1.807) is 24.4 Å². The Bertz CT molecular complexity index is 584. The minimum Gasteiger partial charge on any atom is -0.370 e. The average molecular weight is 290 g/mol. The monoisotopic (exact) mass is 289 g/mol. The summed E-state index contributed by atoms with van der Waals surface area (Å²) >= 11 is 6.04. The maximum Gasteiger partial charge on any atom is 0.253 e. The molecule has 5 heteroatoms. The van der Waals surface area contributed by atoms with Crippen LogP contribution >= 0.6 is 11.6 Å². The molecule has 2 aromatic rings. The third kappa shape index (κ3) is 3.71. The number of hydrogen-bond acceptors (Lipinski definition) is 3. The van der Waals surface area contributed by atoms with Crippen LogP contribution in [0.5, 0.6) is 0 Å². The van der Waals surface area contributed by atoms with Gasteiger partial charge in [-0.3, -0.25) is 4.79 Å². The SMILES string of the molecule is CCNc1ccc(C(=O)NCc2ccccc2Cl)cn1. The Morgan fingerprint density at radius 3 is 2.70 bits per heavy atom. The fraction of sp³-hybridized carbons (Fsp3) is 0.200. The standard InChI is InChI=1S/C15H16ClN3O/c1-2-17-14-8-7-12(10-18-14)15(20)19-9-11-5-3-4-6-13(11)16/h3-8,10H,2,9H2,1H3,(H,17,18)(H,19,20). The summed E-state index contributed by atoms with van der Waals surface area (Å²) in [5.41, 5.74) is 1.42. The minimum atomic E-state index is -0.166. The van der Waals surface area contributed by atoms with Crippen molar-refractivity contribution in [3.63, 3.8) is 0 Å². The van der Waals surface area contributed by atoms with E-state index in [9.17, 15) is 4.79 Å². The van der Waals surface area contributed by atoms with Crippen LogP contribution in [-0.4, -0.2) is 17.4 Å². The molecule has 2 rings (SSSR count). The van der Waals surface area contributed by atoms with Gasteiger partial charge in [0.2, 0.25) is 0 Å². The first-order chi connectivity index (χ1) is 9.70. The fourth-order valence-corrected chi connectivity index (χ4v) is 1.94. The van der Waals surface area contributed by atoms with Gasteiger partial charge in [0.15, 0.2) is 0 Å². The highest BCUT2D eigenvalue weighted by Crippen LogP contribution is 2.14. The largest absolute Gasteiger partial charge is 0.370 e. The average Bonchev–Trinajstić information content (AvgIpc) is 2.47. The molecule has 0 unspecified atom stereocenters. The number of rotatable bonds is 5. The number of anilines is 1. The summed E-state index contributed by atoms with van der Waals surface area (Å²) in [6.07, 6.45) is 1.56. The Kier molecular flexibility index (Phi) is 4.96. The van der Waals surface area contributed by atoms with Gasteiger partial charge >= 0.3 is 0 Å². The summed E-state index contributed by atoms with van der Waals surface area (Å²) in [5.74, 6) is 0.593. The highest BCUT2D eigenvalue weighted by Gasteiger charge is 2.07. The Morgan fingerprint density at radius 2 is 2.05 bits per heavy atom. The molecule has 0 radical (unpaired) electrons. The summed E-state index contributed by atoms with van der Waals surface area (Å²) in [6, 6.07) is 11.0. The van der Waals surface area contributed by atoms with Gasteiger partial charge in [-0.1, -0.05) is 29.8 Å². The molecule has 0 spiro atoms. The fourth-order valence-electron chi connectivity index (χ4n) is 1.73. The Balaban J connectivity index is 1.96. The number of halogens is 1. The quantitative estimate of drug-likeness (QED) is 0.889. The van der Waals surface area contributed by atoms with E-state index < -0.39 is 0 Å². The number of nitrogens with zero attached hydrogens (tertiary/aromatic N) is 1. The lowest BCUT2D eigenvalue weighted by Gasteiger charge is -2.07. The van der Waals surface area contributed by atoms with Crippen LogP contribution in [0.2, 0.25) is 5.02 Å². The number of aromatic nitrogens is 1. The second-order valence-corrected chi connectivity index (χ2v) is 4.64. The van der Waals surface area contributed by atoms with Crippen LogP contribution in [-0.2, 0) is 6.54 Å². The van der Waals surface area contributed by atoms with E-state index in [4.69, 9.17) is 11.6 Å². The molecule has 0 fully saturated rings. The van der Waals surface area contributed by atoms with E-state index in [1.165, 1.54) is 0 Å². The van der Waals surface area contributed by atoms with Gasteiger partial charge in [0.1, 0.15) is 5.82 Å². The van der Waals surface area contributed by atoms with Crippen LogP contribution < -0.4 is 10.6 Å². The van der Waals surface area contributed by atoms with Crippen LogP contribution in [0.25, 0.3) is 0 Å². The van der Waals surface area contributed by atoms with Crippen LogP contribution in [0.4, 0.5) is 5.82 Å². The van der Waals surface area contributed by atoms with Crippen LogP contribution in [0.1, 0.15) is 22.8 Å². The van der Waals surface area contributed by atoms with E-state index >= 15 is 0 Å². The van der Waals surface area contributed by atoms with Crippen molar-refractivity contribution >= 4 is 23.3 Å². The number of hydrogen-bond donors (Lipinski definition) is 2. The Morgan fingerprint density at radius 1 is 1.25 bits per heavy atom. The number of amides is 1. The van der Waals surface area contributed by atoms with Crippen molar-refractivity contribution in [2.45, 2.75) is 13.5 Å². The second-order valence-electron chi connectivity index (χ2n) is 4.24. The maximum absolute atomic E-state index is 12.0. The Labute approximate surface area is 123 Å². The van der Waals surface area contributed by atoms with Gasteiger partial charge in [0, 0.05) is 24.3 Å². The van der Waals surface area contributed by atoms with Crippen LogP contribution in [0.15, 0.2) is 42.6 Å². The molecule has 0 saturated carbocycles. The highest BCUT2D eigenvalue weighted by atomic mass is 35.5. The summed E-state index contributed by atoms with van der Waals surface area (Å²) in [5, 5.41) is 6.55. The van der Waals surface area contributed by atoms with Crippen molar-refractivity contribution < 1.29 is 4.79 Å². The molecule has 0 saturated heterocycles. The normalized spacial score (nSPS) is 10.1. The lowest BCUT2D eigenvalue weighted by Crippen LogP contribution is -2.23. The summed E-state index contributed by atoms with van der Waals surface area (Å²) in [4.78, 5) is 16.1. The van der Waals surface area contributed by atoms with Gasteiger partial charge in [-0.2, -0.15) is 0 Å². The molecule has 0 bridgehead atoms. The maximum atomic E-state index is 12.0. The van der Waals surface area contributed by atoms with Crippen molar-refractivity contribution in [1.82, 2.24) is 10.3 Å². The van der Waals surface area contributed by atoms with Crippen molar-refractivity contribution in [3.05, 3.63) is 58.7 Å². The van der Waals surface area contributed by atoms with Gasteiger partial charge in [-0.05, 0) is 30.7 Å². The molecule has 0 aliphatic carbocycles. The third-order valence-electron chi connectivity index (χ3n) is 2.78. The molecular formula is C15H16ClN3O.